The Bertz CT molecular complexity index is 1410. The average Bonchev–Trinajstić information content (AvgIpc) is 3.17. The van der Waals surface area contributed by atoms with Crippen LogP contribution in [-0.4, -0.2) is 32.9 Å². The quantitative estimate of drug-likeness (QED) is 0.279. The van der Waals surface area contributed by atoms with E-state index in [9.17, 15) is 24.3 Å². The summed E-state index contributed by atoms with van der Waals surface area (Å²) in [5.41, 5.74) is 3.88. The lowest BCUT2D eigenvalue weighted by Gasteiger charge is -2.21. The van der Waals surface area contributed by atoms with Crippen LogP contribution < -0.4 is 10.3 Å². The second-order valence-electron chi connectivity index (χ2n) is 7.99. The predicted molar refractivity (Wildman–Crippen MR) is 116 cm³/mol. The number of ether oxygens (including phenoxy) is 2. The largest absolute Gasteiger partial charge is 0.458 e. The second kappa shape index (κ2) is 7.93. The van der Waals surface area contributed by atoms with Gasteiger partial charge in [0.2, 0.25) is 0 Å². The molecule has 1 unspecified atom stereocenters. The van der Waals surface area contributed by atoms with Crippen LogP contribution in [-0.2, 0) is 38.7 Å². The number of aliphatic hydroxyl groups is 1. The number of cyclic esters (lactones) is 1. The Labute approximate surface area is 187 Å². The number of benzene rings is 1. The average molecular weight is 448 g/mol. The number of carbonyl (C=O) groups is 3. The van der Waals surface area contributed by atoms with E-state index in [2.05, 4.69) is 0 Å². The first-order valence-electron chi connectivity index (χ1n) is 10.6. The summed E-state index contributed by atoms with van der Waals surface area (Å²) >= 11 is 0. The molecule has 33 heavy (non-hydrogen) atoms. The van der Waals surface area contributed by atoms with Gasteiger partial charge in [0.15, 0.2) is 6.10 Å². The molecular weight excluding hydrogens is 428 g/mol. The van der Waals surface area contributed by atoms with Crippen LogP contribution in [0.1, 0.15) is 48.1 Å². The van der Waals surface area contributed by atoms with Gasteiger partial charge in [0.1, 0.15) is 18.6 Å². The van der Waals surface area contributed by atoms with Crippen LogP contribution in [0.4, 0.5) is 0 Å². The van der Waals surface area contributed by atoms with Crippen molar-refractivity contribution in [1.82, 2.24) is 9.55 Å². The number of hydrogen-bond donors (Lipinski definition) is 1. The van der Waals surface area contributed by atoms with E-state index >= 15 is 0 Å². The summed E-state index contributed by atoms with van der Waals surface area (Å²) in [6, 6.07) is 6.76. The number of pyridine rings is 2. The summed E-state index contributed by atoms with van der Waals surface area (Å²) in [5, 5.41) is 11.1. The van der Waals surface area contributed by atoms with Gasteiger partial charge in [-0.1, -0.05) is 6.92 Å². The Morgan fingerprint density at radius 1 is 1.30 bits per heavy atom. The van der Waals surface area contributed by atoms with Crippen molar-refractivity contribution in [3.05, 3.63) is 56.9 Å². The minimum Gasteiger partial charge on any atom is -0.458 e. The Morgan fingerprint density at radius 3 is 2.88 bits per heavy atom. The van der Waals surface area contributed by atoms with E-state index in [4.69, 9.17) is 14.5 Å². The fourth-order valence-corrected chi connectivity index (χ4v) is 4.51. The SMILES string of the molecule is CCc1c2c(nc3ccc(OC(=O)CCC=O)cc13)-c1cc3c(c(=O)n1C2)COC(=O)C3O. The van der Waals surface area contributed by atoms with Gasteiger partial charge in [0, 0.05) is 22.9 Å². The number of hydrogen-bond acceptors (Lipinski definition) is 8. The number of aldehydes is 1. The lowest BCUT2D eigenvalue weighted by Crippen LogP contribution is -2.32. The number of aliphatic hydroxyl groups excluding tert-OH is 1. The maximum absolute atomic E-state index is 13.1. The van der Waals surface area contributed by atoms with E-state index in [-0.39, 0.29) is 36.1 Å². The van der Waals surface area contributed by atoms with Crippen LogP contribution >= 0.6 is 0 Å². The highest BCUT2D eigenvalue weighted by atomic mass is 16.5. The smallest absolute Gasteiger partial charge is 0.340 e. The van der Waals surface area contributed by atoms with Gasteiger partial charge < -0.3 is 23.9 Å². The number of fused-ring (bicyclic) bond motifs is 5. The highest BCUT2D eigenvalue weighted by molar-refractivity contribution is 5.90. The van der Waals surface area contributed by atoms with E-state index < -0.39 is 18.0 Å². The Hall–Kier alpha value is -3.85. The van der Waals surface area contributed by atoms with Crippen LogP contribution in [0, 0.1) is 0 Å². The van der Waals surface area contributed by atoms with Crippen molar-refractivity contribution in [3.8, 4) is 17.1 Å². The van der Waals surface area contributed by atoms with E-state index in [0.717, 1.165) is 16.5 Å². The second-order valence-corrected chi connectivity index (χ2v) is 7.99. The van der Waals surface area contributed by atoms with Crippen LogP contribution in [0.25, 0.3) is 22.3 Å². The first-order valence-corrected chi connectivity index (χ1v) is 10.6. The first kappa shape index (κ1) is 21.0. The standard InChI is InChI=1S/C24H20N2O7/c1-2-13-14-8-12(33-20(28)4-3-7-27)5-6-18(14)25-21-16(13)10-26-19(21)9-15-17(23(26)30)11-32-24(31)22(15)29/h5-9,22,29H,2-4,10-11H2,1H3. The summed E-state index contributed by atoms with van der Waals surface area (Å²) < 4.78 is 11.9. The molecule has 0 saturated carbocycles. The Balaban J connectivity index is 1.63. The highest BCUT2D eigenvalue weighted by Crippen LogP contribution is 2.38. The number of nitrogens with zero attached hydrogens (tertiary/aromatic N) is 2. The lowest BCUT2D eigenvalue weighted by atomic mass is 9.97. The van der Waals surface area contributed by atoms with E-state index in [0.29, 0.717) is 41.9 Å². The van der Waals surface area contributed by atoms with Gasteiger partial charge in [-0.2, -0.15) is 0 Å². The number of aryl methyl sites for hydroxylation is 1. The minimum atomic E-state index is -1.50. The molecule has 0 radical (unpaired) electrons. The molecule has 4 heterocycles. The van der Waals surface area contributed by atoms with Gasteiger partial charge in [0.25, 0.3) is 5.56 Å². The zero-order valence-electron chi connectivity index (χ0n) is 17.8. The molecule has 0 aliphatic carbocycles. The number of rotatable bonds is 5. The third-order valence-electron chi connectivity index (χ3n) is 6.10. The monoisotopic (exact) mass is 448 g/mol. The van der Waals surface area contributed by atoms with Crippen molar-refractivity contribution >= 4 is 29.1 Å². The molecule has 9 nitrogen and oxygen atoms in total. The number of aromatic nitrogens is 2. The fourth-order valence-electron chi connectivity index (χ4n) is 4.51. The van der Waals surface area contributed by atoms with E-state index in [1.165, 1.54) is 0 Å². The Morgan fingerprint density at radius 2 is 2.12 bits per heavy atom. The fraction of sp³-hybridized carbons (Fsp3) is 0.292. The molecule has 0 fully saturated rings. The first-order chi connectivity index (χ1) is 15.9. The van der Waals surface area contributed by atoms with E-state index in [1.54, 1.807) is 28.8 Å². The van der Waals surface area contributed by atoms with Gasteiger partial charge in [-0.3, -0.25) is 9.59 Å². The van der Waals surface area contributed by atoms with Crippen LogP contribution in [0.2, 0.25) is 0 Å². The van der Waals surface area contributed by atoms with Crippen molar-refractivity contribution in [2.24, 2.45) is 0 Å². The third-order valence-corrected chi connectivity index (χ3v) is 6.10. The lowest BCUT2D eigenvalue weighted by molar-refractivity contribution is -0.157. The van der Waals surface area contributed by atoms with Crippen molar-refractivity contribution in [3.63, 3.8) is 0 Å². The number of carbonyl (C=O) groups excluding carboxylic acids is 3. The summed E-state index contributed by atoms with van der Waals surface area (Å²) in [5.74, 6) is -0.911. The minimum absolute atomic E-state index is 0.00553. The zero-order valence-corrected chi connectivity index (χ0v) is 17.8. The van der Waals surface area contributed by atoms with Crippen molar-refractivity contribution in [1.29, 1.82) is 0 Å². The maximum atomic E-state index is 13.1. The number of esters is 2. The third kappa shape index (κ3) is 3.32. The summed E-state index contributed by atoms with van der Waals surface area (Å²) in [7, 11) is 0. The van der Waals surface area contributed by atoms with Gasteiger partial charge >= 0.3 is 11.9 Å². The van der Waals surface area contributed by atoms with Gasteiger partial charge in [-0.15, -0.1) is 0 Å². The molecule has 0 bridgehead atoms. The topological polar surface area (TPSA) is 125 Å². The molecule has 9 heteroatoms. The molecule has 5 rings (SSSR count). The van der Waals surface area contributed by atoms with Gasteiger partial charge in [-0.05, 0) is 36.2 Å². The van der Waals surface area contributed by atoms with Crippen LogP contribution in [0.5, 0.6) is 5.75 Å². The molecule has 168 valence electrons. The van der Waals surface area contributed by atoms with Crippen molar-refractivity contribution in [2.45, 2.75) is 45.4 Å². The van der Waals surface area contributed by atoms with Gasteiger partial charge in [0.05, 0.1) is 35.4 Å². The molecule has 0 spiro atoms. The predicted octanol–water partition coefficient (Wildman–Crippen LogP) is 1.96. The normalized spacial score (nSPS) is 16.1. The molecule has 2 aromatic heterocycles. The molecule has 1 N–H and O–H groups in total. The molecular formula is C24H20N2O7. The molecule has 3 aromatic rings. The summed E-state index contributed by atoms with van der Waals surface area (Å²) in [6.07, 6.45) is -0.0757. The van der Waals surface area contributed by atoms with E-state index in [1.807, 2.05) is 6.92 Å². The highest BCUT2D eigenvalue weighted by Gasteiger charge is 2.34. The van der Waals surface area contributed by atoms with Crippen molar-refractivity contribution in [2.75, 3.05) is 0 Å². The zero-order chi connectivity index (χ0) is 23.3. The molecule has 2 aliphatic rings. The van der Waals surface area contributed by atoms with Crippen molar-refractivity contribution < 1.29 is 29.0 Å². The molecule has 1 aromatic carbocycles. The van der Waals surface area contributed by atoms with Crippen LogP contribution in [0.3, 0.4) is 0 Å². The molecule has 1 atom stereocenters. The molecule has 0 saturated heterocycles. The Kier molecular flexibility index (Phi) is 5.05. The van der Waals surface area contributed by atoms with Crippen LogP contribution in [0.15, 0.2) is 29.1 Å². The maximum Gasteiger partial charge on any atom is 0.340 e. The molecule has 2 aliphatic heterocycles. The van der Waals surface area contributed by atoms with Gasteiger partial charge in [-0.25, -0.2) is 9.78 Å². The summed E-state index contributed by atoms with van der Waals surface area (Å²) in [4.78, 5) is 52.1. The summed E-state index contributed by atoms with van der Waals surface area (Å²) in [6.45, 7) is 2.12. The molecule has 0 amide bonds.